The highest BCUT2D eigenvalue weighted by Gasteiger charge is 2.16. The second-order valence-corrected chi connectivity index (χ2v) is 8.79. The van der Waals surface area contributed by atoms with E-state index in [1.54, 1.807) is 4.68 Å². The Labute approximate surface area is 138 Å². The molecular weight excluding hydrogens is 314 g/mol. The monoisotopic (exact) mass is 341 g/mol. The SMILES string of the molecule is CS(=N)(=O)CCCCc1cn(CC(=O)N2CCCCCC2)nn1. The minimum atomic E-state index is -2.40. The second kappa shape index (κ2) is 8.42. The lowest BCUT2D eigenvalue weighted by atomic mass is 10.2. The van der Waals surface area contributed by atoms with Gasteiger partial charge in [0.25, 0.3) is 0 Å². The van der Waals surface area contributed by atoms with Gasteiger partial charge in [-0.05, 0) is 32.1 Å². The first-order valence-electron chi connectivity index (χ1n) is 8.32. The number of carbonyl (C=O) groups excluding carboxylic acids is 1. The van der Waals surface area contributed by atoms with Gasteiger partial charge in [-0.2, -0.15) is 0 Å². The molecule has 1 aliphatic rings. The zero-order valence-corrected chi connectivity index (χ0v) is 14.7. The van der Waals surface area contributed by atoms with Gasteiger partial charge in [-0.3, -0.25) is 13.8 Å². The van der Waals surface area contributed by atoms with Gasteiger partial charge in [0.2, 0.25) is 5.91 Å². The largest absolute Gasteiger partial charge is 0.341 e. The zero-order chi connectivity index (χ0) is 16.7. The predicted molar refractivity (Wildman–Crippen MR) is 89.7 cm³/mol. The number of nitrogens with one attached hydrogen (secondary N) is 1. The minimum Gasteiger partial charge on any atom is -0.341 e. The quantitative estimate of drug-likeness (QED) is 0.764. The van der Waals surface area contributed by atoms with Crippen molar-refractivity contribution in [3.8, 4) is 0 Å². The van der Waals surface area contributed by atoms with Crippen molar-refractivity contribution in [3.05, 3.63) is 11.9 Å². The summed E-state index contributed by atoms with van der Waals surface area (Å²) in [5.74, 6) is 0.539. The van der Waals surface area contributed by atoms with E-state index in [1.165, 1.54) is 19.1 Å². The molecule has 0 aromatic carbocycles. The average molecular weight is 341 g/mol. The normalized spacial score (nSPS) is 18.4. The van der Waals surface area contributed by atoms with Crippen molar-refractivity contribution >= 4 is 15.6 Å². The molecular formula is C15H27N5O2S. The molecule has 130 valence electrons. The molecule has 23 heavy (non-hydrogen) atoms. The third-order valence-electron chi connectivity index (χ3n) is 4.06. The van der Waals surface area contributed by atoms with Gasteiger partial charge in [-0.25, -0.2) is 4.68 Å². The molecule has 1 fully saturated rings. The minimum absolute atomic E-state index is 0.114. The van der Waals surface area contributed by atoms with E-state index >= 15 is 0 Å². The molecule has 1 amide bonds. The van der Waals surface area contributed by atoms with Crippen LogP contribution in [0.15, 0.2) is 6.20 Å². The van der Waals surface area contributed by atoms with Crippen LogP contribution in [0.2, 0.25) is 0 Å². The molecule has 7 nitrogen and oxygen atoms in total. The lowest BCUT2D eigenvalue weighted by molar-refractivity contribution is -0.132. The maximum Gasteiger partial charge on any atom is 0.244 e. The number of likely N-dealkylation sites (tertiary alicyclic amines) is 1. The van der Waals surface area contributed by atoms with E-state index in [4.69, 9.17) is 4.78 Å². The molecule has 0 spiro atoms. The molecule has 8 heteroatoms. The van der Waals surface area contributed by atoms with Crippen LogP contribution in [0.4, 0.5) is 0 Å². The second-order valence-electron chi connectivity index (χ2n) is 6.37. The van der Waals surface area contributed by atoms with Gasteiger partial charge in [-0.1, -0.05) is 18.1 Å². The number of hydrogen-bond donors (Lipinski definition) is 1. The lowest BCUT2D eigenvalue weighted by Crippen LogP contribution is -2.34. The Balaban J connectivity index is 1.76. The van der Waals surface area contributed by atoms with E-state index in [2.05, 4.69) is 10.3 Å². The molecule has 1 atom stereocenters. The number of rotatable bonds is 7. The average Bonchev–Trinajstić information content (AvgIpc) is 2.74. The molecule has 1 aromatic rings. The number of aromatic nitrogens is 3. The highest BCUT2D eigenvalue weighted by molar-refractivity contribution is 7.91. The van der Waals surface area contributed by atoms with Crippen LogP contribution < -0.4 is 0 Å². The standard InChI is InChI=1S/C15H27N5O2S/c1-23(16,22)11-7-4-8-14-12-20(18-17-14)13-15(21)19-9-5-2-3-6-10-19/h12,16H,2-11,13H2,1H3. The molecule has 0 bridgehead atoms. The maximum atomic E-state index is 12.3. The summed E-state index contributed by atoms with van der Waals surface area (Å²) in [6, 6.07) is 0. The summed E-state index contributed by atoms with van der Waals surface area (Å²) >= 11 is 0. The van der Waals surface area contributed by atoms with E-state index in [0.29, 0.717) is 5.75 Å². The molecule has 2 heterocycles. The molecule has 1 aromatic heterocycles. The van der Waals surface area contributed by atoms with Gasteiger partial charge < -0.3 is 4.90 Å². The number of amides is 1. The summed E-state index contributed by atoms with van der Waals surface area (Å²) in [5.41, 5.74) is 0.848. The first kappa shape index (κ1) is 17.9. The van der Waals surface area contributed by atoms with E-state index in [1.807, 2.05) is 11.1 Å². The van der Waals surface area contributed by atoms with E-state index < -0.39 is 9.73 Å². The Kier molecular flexibility index (Phi) is 6.56. The Bertz CT molecular complexity index is 603. The Morgan fingerprint density at radius 1 is 1.26 bits per heavy atom. The number of nitrogens with zero attached hydrogens (tertiary/aromatic N) is 4. The van der Waals surface area contributed by atoms with Crippen molar-refractivity contribution in [3.63, 3.8) is 0 Å². The predicted octanol–water partition coefficient (Wildman–Crippen LogP) is 1.68. The maximum absolute atomic E-state index is 12.3. The van der Waals surface area contributed by atoms with Crippen LogP contribution in [0.5, 0.6) is 0 Å². The van der Waals surface area contributed by atoms with Crippen LogP contribution in [0.1, 0.15) is 44.2 Å². The first-order valence-corrected chi connectivity index (χ1v) is 10.5. The summed E-state index contributed by atoms with van der Waals surface area (Å²) < 4.78 is 20.3. The molecule has 0 radical (unpaired) electrons. The van der Waals surface area contributed by atoms with Crippen LogP contribution in [0.25, 0.3) is 0 Å². The fraction of sp³-hybridized carbons (Fsp3) is 0.800. The van der Waals surface area contributed by atoms with Crippen molar-refractivity contribution in [2.24, 2.45) is 0 Å². The van der Waals surface area contributed by atoms with Crippen molar-refractivity contribution in [1.82, 2.24) is 19.9 Å². The molecule has 0 aliphatic carbocycles. The number of unbranched alkanes of at least 4 members (excludes halogenated alkanes) is 1. The smallest absolute Gasteiger partial charge is 0.244 e. The molecule has 1 N–H and O–H groups in total. The zero-order valence-electron chi connectivity index (χ0n) is 13.9. The summed E-state index contributed by atoms with van der Waals surface area (Å²) in [4.78, 5) is 14.2. The number of aryl methyl sites for hydroxylation is 1. The Morgan fingerprint density at radius 2 is 1.96 bits per heavy atom. The van der Waals surface area contributed by atoms with E-state index in [0.717, 1.165) is 50.9 Å². The first-order chi connectivity index (χ1) is 10.9. The van der Waals surface area contributed by atoms with Crippen molar-refractivity contribution < 1.29 is 9.00 Å². The Morgan fingerprint density at radius 3 is 2.61 bits per heavy atom. The van der Waals surface area contributed by atoms with Crippen LogP contribution in [0.3, 0.4) is 0 Å². The van der Waals surface area contributed by atoms with E-state index in [-0.39, 0.29) is 12.5 Å². The summed E-state index contributed by atoms with van der Waals surface area (Å²) in [5, 5.41) is 8.12. The number of carbonyl (C=O) groups is 1. The molecule has 1 unspecified atom stereocenters. The van der Waals surface area contributed by atoms with Gasteiger partial charge in [0.15, 0.2) is 0 Å². The summed E-state index contributed by atoms with van der Waals surface area (Å²) in [6.07, 6.45) is 10.2. The number of hydrogen-bond acceptors (Lipinski definition) is 5. The summed E-state index contributed by atoms with van der Waals surface area (Å²) in [7, 11) is -2.40. The highest BCUT2D eigenvalue weighted by atomic mass is 32.2. The van der Waals surface area contributed by atoms with Crippen molar-refractivity contribution in [2.45, 2.75) is 51.5 Å². The van der Waals surface area contributed by atoms with Gasteiger partial charge in [0.1, 0.15) is 6.54 Å². The lowest BCUT2D eigenvalue weighted by Gasteiger charge is -2.19. The van der Waals surface area contributed by atoms with Crippen molar-refractivity contribution in [2.75, 3.05) is 25.1 Å². The van der Waals surface area contributed by atoms with Gasteiger partial charge in [-0.15, -0.1) is 5.10 Å². The molecule has 2 rings (SSSR count). The fourth-order valence-electron chi connectivity index (χ4n) is 2.77. The van der Waals surface area contributed by atoms with Crippen molar-refractivity contribution in [1.29, 1.82) is 4.78 Å². The molecule has 0 saturated carbocycles. The van der Waals surface area contributed by atoms with Crippen LogP contribution in [-0.2, 0) is 27.5 Å². The molecule has 1 aliphatic heterocycles. The third-order valence-corrected chi connectivity index (χ3v) is 5.13. The highest BCUT2D eigenvalue weighted by Crippen LogP contribution is 2.10. The third kappa shape index (κ3) is 6.68. The summed E-state index contributed by atoms with van der Waals surface area (Å²) in [6.45, 7) is 1.95. The van der Waals surface area contributed by atoms with Gasteiger partial charge in [0.05, 0.1) is 5.69 Å². The van der Waals surface area contributed by atoms with Crippen LogP contribution in [0, 0.1) is 4.78 Å². The van der Waals surface area contributed by atoms with Gasteiger partial charge >= 0.3 is 0 Å². The Hall–Kier alpha value is -1.44. The van der Waals surface area contributed by atoms with Crippen LogP contribution in [-0.4, -0.2) is 55.1 Å². The molecule has 1 saturated heterocycles. The fourth-order valence-corrected chi connectivity index (χ4v) is 3.53. The van der Waals surface area contributed by atoms with Crippen LogP contribution >= 0.6 is 0 Å². The van der Waals surface area contributed by atoms with Gasteiger partial charge in [0, 0.05) is 41.0 Å². The van der Waals surface area contributed by atoms with E-state index in [9.17, 15) is 9.00 Å². The topological polar surface area (TPSA) is 91.9 Å².